The fourth-order valence-electron chi connectivity index (χ4n) is 3.34. The summed E-state index contributed by atoms with van der Waals surface area (Å²) >= 11 is 0. The molecular formula is C21H26N4O4. The molecule has 2 heterocycles. The van der Waals surface area contributed by atoms with E-state index >= 15 is 0 Å². The molecule has 1 aromatic carbocycles. The summed E-state index contributed by atoms with van der Waals surface area (Å²) < 4.78 is 9.71. The molecule has 0 saturated heterocycles. The minimum Gasteiger partial charge on any atom is -0.504 e. The summed E-state index contributed by atoms with van der Waals surface area (Å²) in [5, 5.41) is 9.73. The summed E-state index contributed by atoms with van der Waals surface area (Å²) in [5.41, 5.74) is 0.985. The number of ether oxygens (including phenoxy) is 1. The molecule has 2 aromatic heterocycles. The first-order chi connectivity index (χ1) is 13.9. The number of aryl methyl sites for hydroxylation is 2. The average Bonchev–Trinajstić information content (AvgIpc) is 3.04. The van der Waals surface area contributed by atoms with E-state index in [9.17, 15) is 14.7 Å². The maximum Gasteiger partial charge on any atom is 0.332 e. The number of phenolic OH excluding ortho intramolecular Hbond substituents is 1. The molecule has 0 spiro atoms. The number of methoxy groups -OCH3 is 1. The maximum absolute atomic E-state index is 12.9. The molecule has 0 saturated carbocycles. The van der Waals surface area contributed by atoms with E-state index in [1.807, 2.05) is 19.9 Å². The Kier molecular flexibility index (Phi) is 5.91. The standard InChI is InChI=1S/C21H26N4O4/c1-5-11-24-19-18(20(27)25(12-6-2)21(24)28)23(3)17(22-19)10-8-14-7-9-15(26)16(13-14)29-4/h7-10,13,26H,5-6,11-12H2,1-4H3. The molecule has 0 aliphatic carbocycles. The van der Waals surface area contributed by atoms with E-state index in [1.165, 1.54) is 11.7 Å². The third-order valence-corrected chi connectivity index (χ3v) is 4.80. The Hall–Kier alpha value is -3.29. The zero-order chi connectivity index (χ0) is 21.1. The van der Waals surface area contributed by atoms with Gasteiger partial charge in [-0.2, -0.15) is 0 Å². The van der Waals surface area contributed by atoms with Crippen LogP contribution in [0, 0.1) is 0 Å². The third-order valence-electron chi connectivity index (χ3n) is 4.80. The number of phenols is 1. The van der Waals surface area contributed by atoms with E-state index in [1.54, 1.807) is 40.5 Å². The summed E-state index contributed by atoms with van der Waals surface area (Å²) in [5.74, 6) is 0.992. The van der Waals surface area contributed by atoms with Crippen molar-refractivity contribution in [3.05, 3.63) is 50.4 Å². The largest absolute Gasteiger partial charge is 0.504 e. The molecule has 1 N–H and O–H groups in total. The lowest BCUT2D eigenvalue weighted by atomic mass is 10.2. The van der Waals surface area contributed by atoms with Crippen molar-refractivity contribution in [2.75, 3.05) is 7.11 Å². The highest BCUT2D eigenvalue weighted by Gasteiger charge is 2.18. The van der Waals surface area contributed by atoms with Crippen molar-refractivity contribution in [3.63, 3.8) is 0 Å². The van der Waals surface area contributed by atoms with Crippen LogP contribution in [0.4, 0.5) is 0 Å². The van der Waals surface area contributed by atoms with Crippen LogP contribution in [0.25, 0.3) is 23.3 Å². The Morgan fingerprint density at radius 3 is 2.45 bits per heavy atom. The second-order valence-electron chi connectivity index (χ2n) is 6.86. The summed E-state index contributed by atoms with van der Waals surface area (Å²) in [4.78, 5) is 30.3. The molecule has 0 fully saturated rings. The first kappa shape index (κ1) is 20.4. The van der Waals surface area contributed by atoms with Crippen molar-refractivity contribution in [2.45, 2.75) is 39.8 Å². The highest BCUT2D eigenvalue weighted by molar-refractivity contribution is 5.77. The molecule has 29 heavy (non-hydrogen) atoms. The average molecular weight is 398 g/mol. The number of rotatable bonds is 7. The number of hydrogen-bond donors (Lipinski definition) is 1. The van der Waals surface area contributed by atoms with Gasteiger partial charge in [-0.05, 0) is 36.6 Å². The Morgan fingerprint density at radius 2 is 1.79 bits per heavy atom. The third kappa shape index (κ3) is 3.70. The minimum absolute atomic E-state index is 0.0624. The first-order valence-electron chi connectivity index (χ1n) is 9.68. The number of fused-ring (bicyclic) bond motifs is 1. The van der Waals surface area contributed by atoms with Gasteiger partial charge < -0.3 is 14.4 Å². The summed E-state index contributed by atoms with van der Waals surface area (Å²) in [6.07, 6.45) is 5.04. The van der Waals surface area contributed by atoms with Gasteiger partial charge in [0.2, 0.25) is 0 Å². The van der Waals surface area contributed by atoms with E-state index in [0.29, 0.717) is 42.2 Å². The van der Waals surface area contributed by atoms with Gasteiger partial charge in [-0.1, -0.05) is 26.0 Å². The normalized spacial score (nSPS) is 11.6. The molecule has 0 bridgehead atoms. The highest BCUT2D eigenvalue weighted by atomic mass is 16.5. The van der Waals surface area contributed by atoms with Gasteiger partial charge in [-0.15, -0.1) is 0 Å². The molecule has 0 aliphatic heterocycles. The molecule has 0 amide bonds. The van der Waals surface area contributed by atoms with Crippen LogP contribution in [0.2, 0.25) is 0 Å². The van der Waals surface area contributed by atoms with Crippen molar-refractivity contribution in [2.24, 2.45) is 7.05 Å². The maximum atomic E-state index is 12.9. The molecular weight excluding hydrogens is 372 g/mol. The highest BCUT2D eigenvalue weighted by Crippen LogP contribution is 2.27. The zero-order valence-electron chi connectivity index (χ0n) is 17.2. The van der Waals surface area contributed by atoms with E-state index < -0.39 is 0 Å². The first-order valence-corrected chi connectivity index (χ1v) is 9.68. The van der Waals surface area contributed by atoms with Crippen molar-refractivity contribution in [1.82, 2.24) is 18.7 Å². The second-order valence-corrected chi connectivity index (χ2v) is 6.86. The lowest BCUT2D eigenvalue weighted by Gasteiger charge is -2.10. The van der Waals surface area contributed by atoms with Crippen molar-refractivity contribution in [1.29, 1.82) is 0 Å². The molecule has 3 aromatic rings. The Morgan fingerprint density at radius 1 is 1.10 bits per heavy atom. The number of hydrogen-bond acceptors (Lipinski definition) is 5. The molecule has 3 rings (SSSR count). The van der Waals surface area contributed by atoms with E-state index in [0.717, 1.165) is 12.0 Å². The number of benzene rings is 1. The molecule has 0 unspecified atom stereocenters. The Bertz CT molecular complexity index is 1180. The lowest BCUT2D eigenvalue weighted by Crippen LogP contribution is -2.40. The van der Waals surface area contributed by atoms with Crippen LogP contribution in [0.15, 0.2) is 27.8 Å². The van der Waals surface area contributed by atoms with Crippen molar-refractivity contribution in [3.8, 4) is 11.5 Å². The van der Waals surface area contributed by atoms with Gasteiger partial charge >= 0.3 is 5.69 Å². The van der Waals surface area contributed by atoms with Crippen LogP contribution in [0.3, 0.4) is 0 Å². The molecule has 8 nitrogen and oxygen atoms in total. The second kappa shape index (κ2) is 8.38. The molecule has 0 atom stereocenters. The van der Waals surface area contributed by atoms with Crippen LogP contribution in [-0.4, -0.2) is 30.9 Å². The van der Waals surface area contributed by atoms with Crippen LogP contribution in [-0.2, 0) is 20.1 Å². The van der Waals surface area contributed by atoms with Gasteiger partial charge in [0.15, 0.2) is 22.7 Å². The SMILES string of the molecule is CCCn1c(=O)c2c(nc(C=Cc3ccc(O)c(OC)c3)n2C)n(CCC)c1=O. The van der Waals surface area contributed by atoms with Gasteiger partial charge in [0, 0.05) is 20.1 Å². The molecule has 8 heteroatoms. The predicted molar refractivity (Wildman–Crippen MR) is 113 cm³/mol. The lowest BCUT2D eigenvalue weighted by molar-refractivity contribution is 0.373. The molecule has 0 radical (unpaired) electrons. The van der Waals surface area contributed by atoms with Gasteiger partial charge in [0.05, 0.1) is 7.11 Å². The predicted octanol–water partition coefficient (Wildman–Crippen LogP) is 2.60. The Labute approximate surface area is 168 Å². The summed E-state index contributed by atoms with van der Waals surface area (Å²) in [6, 6.07) is 5.00. The monoisotopic (exact) mass is 398 g/mol. The fraction of sp³-hybridized carbons (Fsp3) is 0.381. The van der Waals surface area contributed by atoms with Crippen LogP contribution >= 0.6 is 0 Å². The van der Waals surface area contributed by atoms with Crippen molar-refractivity contribution >= 4 is 23.3 Å². The minimum atomic E-state index is -0.319. The number of aromatic hydroxyl groups is 1. The summed E-state index contributed by atoms with van der Waals surface area (Å²) in [7, 11) is 3.26. The van der Waals surface area contributed by atoms with Crippen LogP contribution in [0.1, 0.15) is 38.1 Å². The van der Waals surface area contributed by atoms with E-state index in [4.69, 9.17) is 4.74 Å². The number of aromatic nitrogens is 4. The molecule has 154 valence electrons. The Balaban J connectivity index is 2.16. The van der Waals surface area contributed by atoms with E-state index in [-0.39, 0.29) is 17.0 Å². The summed E-state index contributed by atoms with van der Waals surface area (Å²) in [6.45, 7) is 4.79. The smallest absolute Gasteiger partial charge is 0.332 e. The van der Waals surface area contributed by atoms with Gasteiger partial charge in [-0.25, -0.2) is 9.78 Å². The van der Waals surface area contributed by atoms with Crippen molar-refractivity contribution < 1.29 is 9.84 Å². The number of nitrogens with zero attached hydrogens (tertiary/aromatic N) is 4. The fourth-order valence-corrected chi connectivity index (χ4v) is 3.34. The van der Waals surface area contributed by atoms with Crippen LogP contribution < -0.4 is 16.0 Å². The quantitative estimate of drug-likeness (QED) is 0.661. The van der Waals surface area contributed by atoms with Gasteiger partial charge in [-0.3, -0.25) is 13.9 Å². The topological polar surface area (TPSA) is 91.3 Å². The molecule has 0 aliphatic rings. The van der Waals surface area contributed by atoms with E-state index in [2.05, 4.69) is 4.98 Å². The number of imidazole rings is 1. The van der Waals surface area contributed by atoms with Gasteiger partial charge in [0.25, 0.3) is 5.56 Å². The zero-order valence-corrected chi connectivity index (χ0v) is 17.2. The van der Waals surface area contributed by atoms with Crippen LogP contribution in [0.5, 0.6) is 11.5 Å². The van der Waals surface area contributed by atoms with Gasteiger partial charge in [0.1, 0.15) is 5.82 Å².